The summed E-state index contributed by atoms with van der Waals surface area (Å²) in [5, 5.41) is 15.4. The van der Waals surface area contributed by atoms with Gasteiger partial charge in [0, 0.05) is 18.8 Å². The van der Waals surface area contributed by atoms with E-state index in [2.05, 4.69) is 23.4 Å². The molecule has 0 spiro atoms. The van der Waals surface area contributed by atoms with Crippen LogP contribution < -0.4 is 10.6 Å². The van der Waals surface area contributed by atoms with Crippen molar-refractivity contribution in [3.8, 4) is 0 Å². The Labute approximate surface area is 99.9 Å². The fourth-order valence-corrected chi connectivity index (χ4v) is 2.06. The van der Waals surface area contributed by atoms with Crippen LogP contribution in [0.3, 0.4) is 0 Å². The summed E-state index contributed by atoms with van der Waals surface area (Å²) in [5.74, 6) is 1.68. The van der Waals surface area contributed by atoms with Crippen LogP contribution >= 0.6 is 11.8 Å². The number of rotatable bonds is 5. The summed E-state index contributed by atoms with van der Waals surface area (Å²) in [7, 11) is 1.94. The van der Waals surface area contributed by atoms with Gasteiger partial charge in [-0.05, 0) is 19.2 Å². The maximum Gasteiger partial charge on any atom is 0.162 e. The second-order valence-corrected chi connectivity index (χ2v) is 4.51. The molecule has 16 heavy (non-hydrogen) atoms. The predicted octanol–water partition coefficient (Wildman–Crippen LogP) is 0.948. The molecule has 0 aliphatic heterocycles. The van der Waals surface area contributed by atoms with Crippen molar-refractivity contribution in [2.24, 2.45) is 5.73 Å². The molecular formula is C10H17N5S. The van der Waals surface area contributed by atoms with Gasteiger partial charge in [-0.3, -0.25) is 5.41 Å². The molecule has 3 N–H and O–H groups in total. The fourth-order valence-electron chi connectivity index (χ4n) is 1.36. The summed E-state index contributed by atoms with van der Waals surface area (Å²) in [4.78, 5) is 2.00. The van der Waals surface area contributed by atoms with Gasteiger partial charge < -0.3 is 10.6 Å². The van der Waals surface area contributed by atoms with Gasteiger partial charge >= 0.3 is 0 Å². The molecule has 6 heteroatoms. The first-order valence-corrected chi connectivity index (χ1v) is 6.35. The third-order valence-electron chi connectivity index (χ3n) is 2.39. The van der Waals surface area contributed by atoms with Crippen LogP contribution in [0.15, 0.2) is 12.3 Å². The Morgan fingerprint density at radius 1 is 1.69 bits per heavy atom. The summed E-state index contributed by atoms with van der Waals surface area (Å²) in [5.41, 5.74) is 6.14. The lowest BCUT2D eigenvalue weighted by Gasteiger charge is -2.26. The third-order valence-corrected chi connectivity index (χ3v) is 3.21. The van der Waals surface area contributed by atoms with Crippen molar-refractivity contribution in [3.63, 3.8) is 0 Å². The Morgan fingerprint density at radius 3 is 2.94 bits per heavy atom. The first kappa shape index (κ1) is 12.8. The molecule has 0 saturated carbocycles. The van der Waals surface area contributed by atoms with E-state index in [0.717, 1.165) is 5.75 Å². The highest BCUT2D eigenvalue weighted by atomic mass is 32.2. The van der Waals surface area contributed by atoms with Crippen LogP contribution in [-0.4, -0.2) is 41.1 Å². The van der Waals surface area contributed by atoms with Gasteiger partial charge in [0.25, 0.3) is 0 Å². The van der Waals surface area contributed by atoms with Crippen LogP contribution in [0, 0.1) is 5.41 Å². The van der Waals surface area contributed by atoms with Gasteiger partial charge in [-0.25, -0.2) is 0 Å². The molecule has 0 amide bonds. The quantitative estimate of drug-likeness (QED) is 0.591. The van der Waals surface area contributed by atoms with Crippen molar-refractivity contribution in [1.82, 2.24) is 10.2 Å². The van der Waals surface area contributed by atoms with E-state index < -0.39 is 0 Å². The van der Waals surface area contributed by atoms with Crippen molar-refractivity contribution in [1.29, 1.82) is 5.41 Å². The summed E-state index contributed by atoms with van der Waals surface area (Å²) >= 11 is 1.77. The van der Waals surface area contributed by atoms with E-state index >= 15 is 0 Å². The molecule has 1 aromatic heterocycles. The number of amidine groups is 1. The molecule has 0 saturated heterocycles. The largest absolute Gasteiger partial charge is 0.384 e. The van der Waals surface area contributed by atoms with E-state index in [0.29, 0.717) is 17.4 Å². The summed E-state index contributed by atoms with van der Waals surface area (Å²) < 4.78 is 0. The Morgan fingerprint density at radius 2 is 2.38 bits per heavy atom. The number of aromatic nitrogens is 2. The molecule has 0 radical (unpaired) electrons. The number of thioether (sulfide) groups is 1. The summed E-state index contributed by atoms with van der Waals surface area (Å²) in [6, 6.07) is 2.04. The van der Waals surface area contributed by atoms with Gasteiger partial charge in [-0.2, -0.15) is 16.9 Å². The molecule has 0 aliphatic carbocycles. The lowest BCUT2D eigenvalue weighted by atomic mass is 10.2. The number of hydrogen-bond donors (Lipinski definition) is 2. The number of hydrogen-bond acceptors (Lipinski definition) is 5. The lowest BCUT2D eigenvalue weighted by Crippen LogP contribution is -2.33. The second-order valence-electron chi connectivity index (χ2n) is 3.60. The van der Waals surface area contributed by atoms with E-state index in [1.807, 2.05) is 11.9 Å². The van der Waals surface area contributed by atoms with Crippen LogP contribution in [0.25, 0.3) is 0 Å². The van der Waals surface area contributed by atoms with Crippen LogP contribution in [-0.2, 0) is 0 Å². The number of nitrogens with two attached hydrogens (primary N) is 1. The molecule has 0 fully saturated rings. The van der Waals surface area contributed by atoms with Crippen LogP contribution in [0.5, 0.6) is 0 Å². The number of nitrogens with zero attached hydrogens (tertiary/aromatic N) is 3. The minimum absolute atomic E-state index is 0.0214. The highest BCUT2D eigenvalue weighted by molar-refractivity contribution is 7.98. The van der Waals surface area contributed by atoms with Gasteiger partial charge in [0.1, 0.15) is 5.84 Å². The molecule has 5 nitrogen and oxygen atoms in total. The Kier molecular flexibility index (Phi) is 4.54. The number of anilines is 1. The average molecular weight is 239 g/mol. The topological polar surface area (TPSA) is 78.9 Å². The predicted molar refractivity (Wildman–Crippen MR) is 69.3 cm³/mol. The van der Waals surface area contributed by atoms with E-state index in [4.69, 9.17) is 11.1 Å². The van der Waals surface area contributed by atoms with Crippen molar-refractivity contribution >= 4 is 23.4 Å². The standard InChI is InChI=1S/C10H17N5S/c1-7(6-16-3)15(2)10-8(9(11)12)4-5-13-14-10/h4-5,7H,6H2,1-3H3,(H3,11,12). The molecular weight excluding hydrogens is 222 g/mol. The monoisotopic (exact) mass is 239 g/mol. The maximum atomic E-state index is 7.49. The van der Waals surface area contributed by atoms with Crippen LogP contribution in [0.4, 0.5) is 5.82 Å². The molecule has 1 heterocycles. The number of nitrogen functional groups attached to an aromatic ring is 1. The van der Waals surface area contributed by atoms with Gasteiger partial charge in [0.2, 0.25) is 0 Å². The van der Waals surface area contributed by atoms with Gasteiger partial charge in [-0.15, -0.1) is 5.10 Å². The third kappa shape index (κ3) is 2.85. The van der Waals surface area contributed by atoms with Crippen LogP contribution in [0.2, 0.25) is 0 Å². The van der Waals surface area contributed by atoms with Crippen LogP contribution in [0.1, 0.15) is 12.5 Å². The van der Waals surface area contributed by atoms with Crippen molar-refractivity contribution in [2.45, 2.75) is 13.0 Å². The molecule has 1 rings (SSSR count). The van der Waals surface area contributed by atoms with Gasteiger partial charge in [0.05, 0.1) is 11.8 Å². The minimum Gasteiger partial charge on any atom is -0.384 e. The smallest absolute Gasteiger partial charge is 0.162 e. The maximum absolute atomic E-state index is 7.49. The summed E-state index contributed by atoms with van der Waals surface area (Å²) in [6.07, 6.45) is 3.61. The zero-order chi connectivity index (χ0) is 12.1. The zero-order valence-electron chi connectivity index (χ0n) is 9.77. The lowest BCUT2D eigenvalue weighted by molar-refractivity contribution is 0.742. The molecule has 0 aromatic carbocycles. The minimum atomic E-state index is 0.0214. The highest BCUT2D eigenvalue weighted by Crippen LogP contribution is 2.17. The molecule has 0 aliphatic rings. The Bertz CT molecular complexity index is 368. The summed E-state index contributed by atoms with van der Waals surface area (Å²) in [6.45, 7) is 2.11. The van der Waals surface area contributed by atoms with E-state index in [1.165, 1.54) is 0 Å². The van der Waals surface area contributed by atoms with Gasteiger partial charge in [0.15, 0.2) is 5.82 Å². The molecule has 88 valence electrons. The van der Waals surface area contributed by atoms with Crippen molar-refractivity contribution in [2.75, 3.05) is 24.0 Å². The van der Waals surface area contributed by atoms with Crippen molar-refractivity contribution in [3.05, 3.63) is 17.8 Å². The Hall–Kier alpha value is -1.30. The van der Waals surface area contributed by atoms with E-state index in [-0.39, 0.29) is 5.84 Å². The molecule has 0 bridgehead atoms. The van der Waals surface area contributed by atoms with E-state index in [9.17, 15) is 0 Å². The number of nitrogens with one attached hydrogen (secondary N) is 1. The van der Waals surface area contributed by atoms with E-state index in [1.54, 1.807) is 24.0 Å². The molecule has 1 atom stereocenters. The second kappa shape index (κ2) is 5.69. The Balaban J connectivity index is 2.98. The van der Waals surface area contributed by atoms with Gasteiger partial charge in [-0.1, -0.05) is 0 Å². The highest BCUT2D eigenvalue weighted by Gasteiger charge is 2.16. The fraction of sp³-hybridized carbons (Fsp3) is 0.500. The first-order chi connectivity index (χ1) is 7.57. The SMILES string of the molecule is CSCC(C)N(C)c1nnccc1C(=N)N. The average Bonchev–Trinajstić information content (AvgIpc) is 2.28. The zero-order valence-corrected chi connectivity index (χ0v) is 10.6. The van der Waals surface area contributed by atoms with Crippen molar-refractivity contribution < 1.29 is 0 Å². The first-order valence-electron chi connectivity index (χ1n) is 4.95. The molecule has 1 unspecified atom stereocenters. The molecule has 1 aromatic rings. The normalized spacial score (nSPS) is 12.2.